The summed E-state index contributed by atoms with van der Waals surface area (Å²) in [4.78, 5) is 27.7. The van der Waals surface area contributed by atoms with Crippen molar-refractivity contribution in [1.29, 1.82) is 0 Å². The van der Waals surface area contributed by atoms with Crippen molar-refractivity contribution in [2.24, 2.45) is 0 Å². The Bertz CT molecular complexity index is 596. The third-order valence-electron chi connectivity index (χ3n) is 3.24. The SMILES string of the molecule is CCc1nc(C)c(C(C)N(C)C(=O)c2cnccn2)s1. The summed E-state index contributed by atoms with van der Waals surface area (Å²) in [6, 6.07) is -0.0256. The van der Waals surface area contributed by atoms with Gasteiger partial charge in [0.25, 0.3) is 5.91 Å². The Kier molecular flexibility index (Phi) is 4.44. The maximum absolute atomic E-state index is 12.4. The summed E-state index contributed by atoms with van der Waals surface area (Å²) in [5, 5.41) is 1.10. The topological polar surface area (TPSA) is 59.0 Å². The molecule has 0 spiro atoms. The number of thiazole rings is 1. The van der Waals surface area contributed by atoms with E-state index in [0.717, 1.165) is 22.0 Å². The predicted octanol–water partition coefficient (Wildman–Crippen LogP) is 2.64. The van der Waals surface area contributed by atoms with Crippen molar-refractivity contribution >= 4 is 17.2 Å². The Morgan fingerprint density at radius 3 is 2.75 bits per heavy atom. The molecule has 1 atom stereocenters. The first kappa shape index (κ1) is 14.6. The predicted molar refractivity (Wildman–Crippen MR) is 78.8 cm³/mol. The number of amides is 1. The third-order valence-corrected chi connectivity index (χ3v) is 4.71. The second-order valence-corrected chi connectivity index (χ2v) is 5.71. The molecule has 0 aliphatic heterocycles. The summed E-state index contributed by atoms with van der Waals surface area (Å²) in [7, 11) is 1.78. The molecule has 0 bridgehead atoms. The monoisotopic (exact) mass is 290 g/mol. The molecule has 2 heterocycles. The molecule has 2 aromatic heterocycles. The second-order valence-electron chi connectivity index (χ2n) is 4.59. The van der Waals surface area contributed by atoms with Gasteiger partial charge in [0.05, 0.1) is 22.9 Å². The molecule has 0 saturated heterocycles. The van der Waals surface area contributed by atoms with Gasteiger partial charge < -0.3 is 4.90 Å². The lowest BCUT2D eigenvalue weighted by Crippen LogP contribution is -2.30. The van der Waals surface area contributed by atoms with Crippen molar-refractivity contribution in [2.75, 3.05) is 7.05 Å². The zero-order valence-corrected chi connectivity index (χ0v) is 12.9. The van der Waals surface area contributed by atoms with E-state index in [1.165, 1.54) is 12.4 Å². The highest BCUT2D eigenvalue weighted by Gasteiger charge is 2.23. The van der Waals surface area contributed by atoms with Crippen molar-refractivity contribution < 1.29 is 4.79 Å². The Hall–Kier alpha value is -1.82. The van der Waals surface area contributed by atoms with Gasteiger partial charge in [0.1, 0.15) is 5.69 Å². The van der Waals surface area contributed by atoms with Gasteiger partial charge in [0.15, 0.2) is 0 Å². The third kappa shape index (κ3) is 2.85. The van der Waals surface area contributed by atoms with Crippen LogP contribution >= 0.6 is 11.3 Å². The summed E-state index contributed by atoms with van der Waals surface area (Å²) in [5.74, 6) is -0.128. The van der Waals surface area contributed by atoms with Gasteiger partial charge in [-0.1, -0.05) is 6.92 Å². The Labute approximate surface area is 122 Å². The van der Waals surface area contributed by atoms with Crippen LogP contribution in [0.4, 0.5) is 0 Å². The molecule has 1 amide bonds. The number of carbonyl (C=O) groups is 1. The van der Waals surface area contributed by atoms with Crippen molar-refractivity contribution in [3.05, 3.63) is 39.9 Å². The van der Waals surface area contributed by atoms with Gasteiger partial charge in [-0.05, 0) is 20.3 Å². The molecule has 20 heavy (non-hydrogen) atoms. The molecule has 106 valence electrons. The van der Waals surface area contributed by atoms with Gasteiger partial charge >= 0.3 is 0 Å². The first-order valence-electron chi connectivity index (χ1n) is 6.54. The highest BCUT2D eigenvalue weighted by Crippen LogP contribution is 2.29. The number of aryl methyl sites for hydroxylation is 2. The van der Waals surface area contributed by atoms with E-state index >= 15 is 0 Å². The normalized spacial score (nSPS) is 12.2. The zero-order chi connectivity index (χ0) is 14.7. The van der Waals surface area contributed by atoms with Crippen LogP contribution in [0.25, 0.3) is 0 Å². The zero-order valence-electron chi connectivity index (χ0n) is 12.1. The summed E-state index contributed by atoms with van der Waals surface area (Å²) in [6.07, 6.45) is 5.49. The largest absolute Gasteiger partial charge is 0.333 e. The molecule has 2 aromatic rings. The van der Waals surface area contributed by atoms with E-state index in [9.17, 15) is 4.79 Å². The van der Waals surface area contributed by atoms with Crippen LogP contribution in [0.2, 0.25) is 0 Å². The minimum atomic E-state index is -0.128. The number of rotatable bonds is 4. The van der Waals surface area contributed by atoms with Crippen molar-refractivity contribution in [3.8, 4) is 0 Å². The molecule has 0 saturated carbocycles. The molecular weight excluding hydrogens is 272 g/mol. The fourth-order valence-electron chi connectivity index (χ4n) is 1.95. The number of aromatic nitrogens is 3. The van der Waals surface area contributed by atoms with Crippen LogP contribution in [-0.4, -0.2) is 32.8 Å². The summed E-state index contributed by atoms with van der Waals surface area (Å²) < 4.78 is 0. The molecule has 0 fully saturated rings. The van der Waals surface area contributed by atoms with E-state index in [0.29, 0.717) is 5.69 Å². The van der Waals surface area contributed by atoms with Gasteiger partial charge in [0, 0.05) is 24.3 Å². The first-order chi connectivity index (χ1) is 9.54. The fourth-order valence-corrected chi connectivity index (χ4v) is 3.05. The van der Waals surface area contributed by atoms with E-state index in [4.69, 9.17) is 0 Å². The van der Waals surface area contributed by atoms with E-state index in [2.05, 4.69) is 21.9 Å². The number of hydrogen-bond donors (Lipinski definition) is 0. The van der Waals surface area contributed by atoms with E-state index in [1.54, 1.807) is 29.5 Å². The summed E-state index contributed by atoms with van der Waals surface area (Å²) >= 11 is 1.67. The van der Waals surface area contributed by atoms with Crippen LogP contribution < -0.4 is 0 Å². The molecule has 0 aliphatic carbocycles. The highest BCUT2D eigenvalue weighted by atomic mass is 32.1. The Balaban J connectivity index is 2.22. The quantitative estimate of drug-likeness (QED) is 0.868. The molecule has 0 radical (unpaired) electrons. The molecule has 0 aromatic carbocycles. The van der Waals surface area contributed by atoms with Gasteiger partial charge in [0.2, 0.25) is 0 Å². The number of carbonyl (C=O) groups excluding carboxylic acids is 1. The van der Waals surface area contributed by atoms with Gasteiger partial charge in [-0.15, -0.1) is 11.3 Å². The lowest BCUT2D eigenvalue weighted by atomic mass is 10.2. The van der Waals surface area contributed by atoms with Crippen LogP contribution in [0, 0.1) is 6.92 Å². The number of hydrogen-bond acceptors (Lipinski definition) is 5. The van der Waals surface area contributed by atoms with Crippen LogP contribution in [0.3, 0.4) is 0 Å². The maximum atomic E-state index is 12.4. The lowest BCUT2D eigenvalue weighted by Gasteiger charge is -2.23. The lowest BCUT2D eigenvalue weighted by molar-refractivity contribution is 0.0738. The molecule has 0 aliphatic rings. The van der Waals surface area contributed by atoms with Crippen LogP contribution in [-0.2, 0) is 6.42 Å². The average molecular weight is 290 g/mol. The first-order valence-corrected chi connectivity index (χ1v) is 7.35. The van der Waals surface area contributed by atoms with Crippen LogP contribution in [0.5, 0.6) is 0 Å². The van der Waals surface area contributed by atoms with Crippen molar-refractivity contribution in [3.63, 3.8) is 0 Å². The standard InChI is InChI=1S/C14H18N4OS/c1-5-12-17-9(2)13(20-12)10(3)18(4)14(19)11-8-15-6-7-16-11/h6-8,10H,5H2,1-4H3. The van der Waals surface area contributed by atoms with Crippen molar-refractivity contribution in [2.45, 2.75) is 33.2 Å². The van der Waals surface area contributed by atoms with E-state index < -0.39 is 0 Å². The van der Waals surface area contributed by atoms with E-state index in [1.807, 2.05) is 13.8 Å². The van der Waals surface area contributed by atoms with Crippen molar-refractivity contribution in [1.82, 2.24) is 19.9 Å². The summed E-state index contributed by atoms with van der Waals surface area (Å²) in [5.41, 5.74) is 1.36. The van der Waals surface area contributed by atoms with Gasteiger partial charge in [-0.3, -0.25) is 9.78 Å². The molecule has 5 nitrogen and oxygen atoms in total. The minimum Gasteiger partial charge on any atom is -0.333 e. The number of nitrogens with zero attached hydrogens (tertiary/aromatic N) is 4. The Morgan fingerprint density at radius 1 is 1.45 bits per heavy atom. The summed E-state index contributed by atoms with van der Waals surface area (Å²) in [6.45, 7) is 6.08. The smallest absolute Gasteiger partial charge is 0.274 e. The minimum absolute atomic E-state index is 0.0256. The van der Waals surface area contributed by atoms with E-state index in [-0.39, 0.29) is 11.9 Å². The molecule has 2 rings (SSSR count). The molecule has 0 N–H and O–H groups in total. The molecular formula is C14H18N4OS. The van der Waals surface area contributed by atoms with Crippen LogP contribution in [0.1, 0.15) is 46.0 Å². The van der Waals surface area contributed by atoms with Crippen LogP contribution in [0.15, 0.2) is 18.6 Å². The Morgan fingerprint density at radius 2 is 2.20 bits per heavy atom. The highest BCUT2D eigenvalue weighted by molar-refractivity contribution is 7.11. The van der Waals surface area contributed by atoms with Gasteiger partial charge in [-0.25, -0.2) is 9.97 Å². The second kappa shape index (κ2) is 6.09. The van der Waals surface area contributed by atoms with Gasteiger partial charge in [-0.2, -0.15) is 0 Å². The molecule has 1 unspecified atom stereocenters. The average Bonchev–Trinajstić information content (AvgIpc) is 2.87. The maximum Gasteiger partial charge on any atom is 0.274 e. The fraction of sp³-hybridized carbons (Fsp3) is 0.429. The molecule has 6 heteroatoms.